The zero-order valence-corrected chi connectivity index (χ0v) is 10.6. The fourth-order valence-electron chi connectivity index (χ4n) is 1.34. The predicted molar refractivity (Wildman–Crippen MR) is 59.4 cm³/mol. The van der Waals surface area contributed by atoms with Crippen molar-refractivity contribution in [1.29, 1.82) is 0 Å². The minimum atomic E-state index is -0.503. The van der Waals surface area contributed by atoms with E-state index in [4.69, 9.17) is 9.47 Å². The Hall–Kier alpha value is 0.120. The Morgan fingerprint density at radius 3 is 2.64 bits per heavy atom. The summed E-state index contributed by atoms with van der Waals surface area (Å²) in [6, 6.07) is 0. The third-order valence-corrected chi connectivity index (χ3v) is 3.34. The number of carbonyl (C=O) groups excluding carboxylic acids is 1. The molecule has 0 aliphatic carbocycles. The number of alkyl halides is 1. The smallest absolute Gasteiger partial charge is 0.318 e. The number of carbonyl (C=O) groups is 1. The van der Waals surface area contributed by atoms with Crippen LogP contribution >= 0.6 is 22.6 Å². The molecular formula is C9H15IO4. The van der Waals surface area contributed by atoms with E-state index in [-0.39, 0.29) is 9.89 Å². The molecule has 1 saturated heterocycles. The number of halogens is 1. The first kappa shape index (κ1) is 12.2. The Morgan fingerprint density at radius 2 is 2.14 bits per heavy atom. The van der Waals surface area contributed by atoms with E-state index in [0.717, 1.165) is 6.42 Å². The summed E-state index contributed by atoms with van der Waals surface area (Å²) in [7, 11) is 1.40. The van der Waals surface area contributed by atoms with Gasteiger partial charge in [-0.3, -0.25) is 4.79 Å². The average molecular weight is 314 g/mol. The lowest BCUT2D eigenvalue weighted by Gasteiger charge is -2.22. The van der Waals surface area contributed by atoms with Gasteiger partial charge in [-0.2, -0.15) is 0 Å². The van der Waals surface area contributed by atoms with Crippen LogP contribution < -0.4 is 0 Å². The van der Waals surface area contributed by atoms with Crippen molar-refractivity contribution in [3.05, 3.63) is 0 Å². The normalized spacial score (nSPS) is 21.9. The van der Waals surface area contributed by atoms with Gasteiger partial charge in [0.2, 0.25) is 0 Å². The van der Waals surface area contributed by atoms with Crippen LogP contribution in [-0.2, 0) is 19.0 Å². The quantitative estimate of drug-likeness (QED) is 0.448. The van der Waals surface area contributed by atoms with E-state index in [2.05, 4.69) is 27.3 Å². The van der Waals surface area contributed by atoms with Gasteiger partial charge in [0, 0.05) is 6.42 Å². The highest BCUT2D eigenvalue weighted by atomic mass is 127. The summed E-state index contributed by atoms with van der Waals surface area (Å²) < 4.78 is 15.4. The van der Waals surface area contributed by atoms with Crippen LogP contribution in [0.5, 0.6) is 0 Å². The molecule has 0 aromatic heterocycles. The minimum absolute atomic E-state index is 0.123. The first-order valence-corrected chi connectivity index (χ1v) is 5.82. The van der Waals surface area contributed by atoms with Gasteiger partial charge in [0.05, 0.1) is 20.3 Å². The molecule has 1 heterocycles. The second kappa shape index (κ2) is 5.27. The summed E-state index contributed by atoms with van der Waals surface area (Å²) in [4.78, 5) is 11.1. The number of ether oxygens (including phenoxy) is 3. The van der Waals surface area contributed by atoms with E-state index >= 15 is 0 Å². The third kappa shape index (κ3) is 3.36. The highest BCUT2D eigenvalue weighted by molar-refractivity contribution is 14.1. The van der Waals surface area contributed by atoms with Crippen LogP contribution in [0.4, 0.5) is 0 Å². The minimum Gasteiger partial charge on any atom is -0.468 e. The molecule has 1 aliphatic heterocycles. The van der Waals surface area contributed by atoms with Gasteiger partial charge in [0.1, 0.15) is 3.92 Å². The molecule has 1 unspecified atom stereocenters. The Bertz CT molecular complexity index is 201. The second-order valence-electron chi connectivity index (χ2n) is 3.36. The summed E-state index contributed by atoms with van der Waals surface area (Å²) >= 11 is 2.07. The van der Waals surface area contributed by atoms with Gasteiger partial charge in [0.25, 0.3) is 0 Å². The van der Waals surface area contributed by atoms with Crippen molar-refractivity contribution in [2.45, 2.75) is 29.5 Å². The van der Waals surface area contributed by atoms with Crippen molar-refractivity contribution in [1.82, 2.24) is 0 Å². The SMILES string of the molecule is COC(=O)C(I)CCC1(C)OCCO1. The van der Waals surface area contributed by atoms with Crippen molar-refractivity contribution in [2.75, 3.05) is 20.3 Å². The second-order valence-corrected chi connectivity index (χ2v) is 4.86. The zero-order chi connectivity index (χ0) is 10.6. The molecule has 1 atom stereocenters. The molecule has 82 valence electrons. The van der Waals surface area contributed by atoms with Crippen molar-refractivity contribution < 1.29 is 19.0 Å². The molecule has 0 radical (unpaired) electrons. The summed E-state index contributed by atoms with van der Waals surface area (Å²) in [5.41, 5.74) is 0. The van der Waals surface area contributed by atoms with Crippen molar-refractivity contribution in [3.63, 3.8) is 0 Å². The van der Waals surface area contributed by atoms with E-state index in [9.17, 15) is 4.79 Å². The number of hydrogen-bond donors (Lipinski definition) is 0. The molecule has 14 heavy (non-hydrogen) atoms. The van der Waals surface area contributed by atoms with Gasteiger partial charge < -0.3 is 14.2 Å². The summed E-state index contributed by atoms with van der Waals surface area (Å²) in [6.45, 7) is 3.18. The molecule has 0 aromatic carbocycles. The van der Waals surface area contributed by atoms with Crippen LogP contribution in [0.25, 0.3) is 0 Å². The van der Waals surface area contributed by atoms with E-state index in [0.29, 0.717) is 19.6 Å². The standard InChI is InChI=1S/C9H15IO4/c1-9(13-5-6-14-9)4-3-7(10)8(11)12-2/h7H,3-6H2,1-2H3. The van der Waals surface area contributed by atoms with E-state index < -0.39 is 5.79 Å². The molecular weight excluding hydrogens is 299 g/mol. The molecule has 0 N–H and O–H groups in total. The summed E-state index contributed by atoms with van der Waals surface area (Å²) in [5, 5.41) is 0. The predicted octanol–water partition coefficient (Wildman–Crippen LogP) is 1.51. The molecule has 0 amide bonds. The Kier molecular flexibility index (Phi) is 4.59. The van der Waals surface area contributed by atoms with Gasteiger partial charge in [-0.25, -0.2) is 0 Å². The molecule has 0 aromatic rings. The molecule has 5 heteroatoms. The van der Waals surface area contributed by atoms with Gasteiger partial charge in [-0.05, 0) is 13.3 Å². The van der Waals surface area contributed by atoms with Crippen LogP contribution in [0.15, 0.2) is 0 Å². The van der Waals surface area contributed by atoms with Crippen LogP contribution in [0.3, 0.4) is 0 Å². The number of methoxy groups -OCH3 is 1. The lowest BCUT2D eigenvalue weighted by Crippen LogP contribution is -2.28. The monoisotopic (exact) mass is 314 g/mol. The van der Waals surface area contributed by atoms with E-state index in [1.807, 2.05) is 6.92 Å². The van der Waals surface area contributed by atoms with Gasteiger partial charge in [-0.1, -0.05) is 22.6 Å². The van der Waals surface area contributed by atoms with E-state index in [1.54, 1.807) is 0 Å². The highest BCUT2D eigenvalue weighted by Gasteiger charge is 2.32. The first-order chi connectivity index (χ1) is 6.57. The Balaban J connectivity index is 2.28. The molecule has 1 rings (SSSR count). The Labute approximate surface area is 97.4 Å². The van der Waals surface area contributed by atoms with Crippen LogP contribution in [0.2, 0.25) is 0 Å². The largest absolute Gasteiger partial charge is 0.468 e. The zero-order valence-electron chi connectivity index (χ0n) is 8.42. The topological polar surface area (TPSA) is 44.8 Å². The molecule has 1 aliphatic rings. The maximum Gasteiger partial charge on any atom is 0.318 e. The van der Waals surface area contributed by atoms with Crippen molar-refractivity contribution in [2.24, 2.45) is 0 Å². The fraction of sp³-hybridized carbons (Fsp3) is 0.889. The van der Waals surface area contributed by atoms with Crippen LogP contribution in [-0.4, -0.2) is 36.0 Å². The van der Waals surface area contributed by atoms with Crippen molar-refractivity contribution >= 4 is 28.6 Å². The lowest BCUT2D eigenvalue weighted by molar-refractivity contribution is -0.150. The van der Waals surface area contributed by atoms with Crippen LogP contribution in [0.1, 0.15) is 19.8 Å². The number of esters is 1. The summed E-state index contributed by atoms with van der Waals surface area (Å²) in [5.74, 6) is -0.690. The molecule has 0 bridgehead atoms. The van der Waals surface area contributed by atoms with E-state index in [1.165, 1.54) is 7.11 Å². The maximum absolute atomic E-state index is 11.1. The van der Waals surface area contributed by atoms with Crippen LogP contribution in [0, 0.1) is 0 Å². The number of hydrogen-bond acceptors (Lipinski definition) is 4. The highest BCUT2D eigenvalue weighted by Crippen LogP contribution is 2.26. The lowest BCUT2D eigenvalue weighted by atomic mass is 10.1. The average Bonchev–Trinajstić information content (AvgIpc) is 2.61. The molecule has 0 saturated carbocycles. The molecule has 0 spiro atoms. The molecule has 4 nitrogen and oxygen atoms in total. The first-order valence-electron chi connectivity index (χ1n) is 4.57. The Morgan fingerprint density at radius 1 is 1.57 bits per heavy atom. The molecule has 1 fully saturated rings. The third-order valence-electron chi connectivity index (χ3n) is 2.21. The maximum atomic E-state index is 11.1. The van der Waals surface area contributed by atoms with Gasteiger partial charge in [0.15, 0.2) is 5.79 Å². The van der Waals surface area contributed by atoms with Crippen molar-refractivity contribution in [3.8, 4) is 0 Å². The fourth-order valence-corrected chi connectivity index (χ4v) is 1.90. The number of rotatable bonds is 4. The summed E-state index contributed by atoms with van der Waals surface area (Å²) in [6.07, 6.45) is 1.43. The van der Waals surface area contributed by atoms with Gasteiger partial charge in [-0.15, -0.1) is 0 Å². The van der Waals surface area contributed by atoms with Gasteiger partial charge >= 0.3 is 5.97 Å².